The van der Waals surface area contributed by atoms with Crippen LogP contribution in [-0.2, 0) is 9.53 Å². The van der Waals surface area contributed by atoms with Crippen molar-refractivity contribution < 1.29 is 19.1 Å². The van der Waals surface area contributed by atoms with Gasteiger partial charge in [-0.2, -0.15) is 0 Å². The van der Waals surface area contributed by atoms with Gasteiger partial charge < -0.3 is 15.2 Å². The van der Waals surface area contributed by atoms with E-state index in [4.69, 9.17) is 15.2 Å². The number of unbranched alkanes of at least 4 members (excludes halogenated alkanes) is 1. The number of ketones is 1. The first-order valence-electron chi connectivity index (χ1n) is 6.67. The van der Waals surface area contributed by atoms with Gasteiger partial charge in [-0.15, -0.1) is 0 Å². The van der Waals surface area contributed by atoms with Gasteiger partial charge >= 0.3 is 0 Å². The summed E-state index contributed by atoms with van der Waals surface area (Å²) in [5, 5.41) is 0. The molecule has 20 heavy (non-hydrogen) atoms. The Morgan fingerprint density at radius 2 is 1.70 bits per heavy atom. The van der Waals surface area contributed by atoms with Gasteiger partial charge in [-0.1, -0.05) is 0 Å². The zero-order valence-electron chi connectivity index (χ0n) is 11.8. The van der Waals surface area contributed by atoms with Crippen molar-refractivity contribution in [3.8, 4) is 5.75 Å². The summed E-state index contributed by atoms with van der Waals surface area (Å²) in [5.74, 6) is 0.459. The molecule has 1 rings (SSSR count). The highest BCUT2D eigenvalue weighted by Gasteiger charge is 2.06. The average Bonchev–Trinajstić information content (AvgIpc) is 2.44. The Kier molecular flexibility index (Phi) is 7.35. The van der Waals surface area contributed by atoms with E-state index in [1.807, 2.05) is 0 Å². The number of carbonyl (C=O) groups is 2. The van der Waals surface area contributed by atoms with Crippen molar-refractivity contribution in [1.29, 1.82) is 0 Å². The molecule has 0 atom stereocenters. The summed E-state index contributed by atoms with van der Waals surface area (Å²) in [7, 11) is 1.61. The average molecular weight is 279 g/mol. The molecule has 0 unspecified atom stereocenters. The van der Waals surface area contributed by atoms with Gasteiger partial charge in [0.05, 0.1) is 6.61 Å². The van der Waals surface area contributed by atoms with E-state index in [0.29, 0.717) is 50.2 Å². The van der Waals surface area contributed by atoms with Crippen molar-refractivity contribution in [3.05, 3.63) is 29.8 Å². The Morgan fingerprint density at radius 3 is 2.30 bits per heavy atom. The summed E-state index contributed by atoms with van der Waals surface area (Å²) in [6.07, 6.45) is 2.09. The molecule has 2 N–H and O–H groups in total. The molecule has 0 fully saturated rings. The van der Waals surface area contributed by atoms with Crippen LogP contribution in [0.2, 0.25) is 0 Å². The van der Waals surface area contributed by atoms with Crippen LogP contribution in [-0.4, -0.2) is 32.0 Å². The SMILES string of the molecule is COCCOc1ccc(C(=O)CCCCC(N)=O)cc1. The van der Waals surface area contributed by atoms with E-state index in [1.54, 1.807) is 31.4 Å². The molecule has 5 heteroatoms. The highest BCUT2D eigenvalue weighted by atomic mass is 16.5. The van der Waals surface area contributed by atoms with Crippen LogP contribution in [0.1, 0.15) is 36.0 Å². The molecule has 0 heterocycles. The quantitative estimate of drug-likeness (QED) is 0.524. The molecule has 0 aliphatic carbocycles. The lowest BCUT2D eigenvalue weighted by atomic mass is 10.0. The highest BCUT2D eigenvalue weighted by Crippen LogP contribution is 2.14. The topological polar surface area (TPSA) is 78.6 Å². The molecule has 0 aromatic heterocycles. The van der Waals surface area contributed by atoms with E-state index >= 15 is 0 Å². The standard InChI is InChI=1S/C15H21NO4/c1-19-10-11-20-13-8-6-12(7-9-13)14(17)4-2-3-5-15(16)18/h6-9H,2-5,10-11H2,1H3,(H2,16,18). The molecular formula is C15H21NO4. The molecule has 0 saturated heterocycles. The van der Waals surface area contributed by atoms with Crippen molar-refractivity contribution in [3.63, 3.8) is 0 Å². The second-order valence-corrected chi connectivity index (χ2v) is 4.46. The van der Waals surface area contributed by atoms with Crippen LogP contribution in [0.5, 0.6) is 5.75 Å². The molecule has 110 valence electrons. The Hall–Kier alpha value is -1.88. The number of rotatable bonds is 10. The number of methoxy groups -OCH3 is 1. The molecular weight excluding hydrogens is 258 g/mol. The molecule has 1 aromatic carbocycles. The molecule has 0 aliphatic rings. The third-order valence-electron chi connectivity index (χ3n) is 2.81. The third-order valence-corrected chi connectivity index (χ3v) is 2.81. The summed E-state index contributed by atoms with van der Waals surface area (Å²) >= 11 is 0. The number of amides is 1. The molecule has 1 amide bonds. The monoisotopic (exact) mass is 279 g/mol. The minimum Gasteiger partial charge on any atom is -0.491 e. The van der Waals surface area contributed by atoms with Gasteiger partial charge in [0.15, 0.2) is 5.78 Å². The number of nitrogens with two attached hydrogens (primary N) is 1. The van der Waals surface area contributed by atoms with E-state index in [0.717, 1.165) is 0 Å². The summed E-state index contributed by atoms with van der Waals surface area (Å²) in [6, 6.07) is 7.04. The summed E-state index contributed by atoms with van der Waals surface area (Å²) < 4.78 is 10.3. The number of Topliss-reactive ketones (excluding diaryl/α,β-unsaturated/α-hetero) is 1. The predicted octanol–water partition coefficient (Wildman–Crippen LogP) is 1.94. The van der Waals surface area contributed by atoms with E-state index in [-0.39, 0.29) is 11.7 Å². The van der Waals surface area contributed by atoms with Crippen molar-refractivity contribution in [2.24, 2.45) is 5.73 Å². The Balaban J connectivity index is 2.35. The zero-order chi connectivity index (χ0) is 14.8. The number of hydrogen-bond acceptors (Lipinski definition) is 4. The lowest BCUT2D eigenvalue weighted by Crippen LogP contribution is -2.10. The van der Waals surface area contributed by atoms with Gasteiger partial charge in [0, 0.05) is 25.5 Å². The van der Waals surface area contributed by atoms with Crippen LogP contribution in [0.4, 0.5) is 0 Å². The molecule has 5 nitrogen and oxygen atoms in total. The Morgan fingerprint density at radius 1 is 1.05 bits per heavy atom. The van der Waals surface area contributed by atoms with Crippen LogP contribution >= 0.6 is 0 Å². The van der Waals surface area contributed by atoms with E-state index in [9.17, 15) is 9.59 Å². The van der Waals surface area contributed by atoms with E-state index < -0.39 is 0 Å². The second kappa shape index (κ2) is 9.09. The maximum atomic E-state index is 11.9. The van der Waals surface area contributed by atoms with Crippen molar-refractivity contribution in [2.75, 3.05) is 20.3 Å². The van der Waals surface area contributed by atoms with E-state index in [2.05, 4.69) is 0 Å². The summed E-state index contributed by atoms with van der Waals surface area (Å²) in [4.78, 5) is 22.5. The number of hydrogen-bond donors (Lipinski definition) is 1. The molecule has 1 aromatic rings. The van der Waals surface area contributed by atoms with Crippen LogP contribution in [0.25, 0.3) is 0 Å². The largest absolute Gasteiger partial charge is 0.491 e. The summed E-state index contributed by atoms with van der Waals surface area (Å²) in [5.41, 5.74) is 5.70. The van der Waals surface area contributed by atoms with Crippen molar-refractivity contribution in [2.45, 2.75) is 25.7 Å². The first-order valence-corrected chi connectivity index (χ1v) is 6.67. The fraction of sp³-hybridized carbons (Fsp3) is 0.467. The lowest BCUT2D eigenvalue weighted by molar-refractivity contribution is -0.118. The minimum atomic E-state index is -0.324. The number of primary amides is 1. The van der Waals surface area contributed by atoms with Gasteiger partial charge in [0.1, 0.15) is 12.4 Å². The van der Waals surface area contributed by atoms with Gasteiger partial charge in [-0.25, -0.2) is 0 Å². The second-order valence-electron chi connectivity index (χ2n) is 4.46. The van der Waals surface area contributed by atoms with Crippen molar-refractivity contribution in [1.82, 2.24) is 0 Å². The fourth-order valence-corrected chi connectivity index (χ4v) is 1.71. The molecule has 0 saturated carbocycles. The Bertz CT molecular complexity index is 428. The number of ether oxygens (including phenoxy) is 2. The van der Waals surface area contributed by atoms with Gasteiger partial charge in [-0.3, -0.25) is 9.59 Å². The molecule has 0 spiro atoms. The zero-order valence-corrected chi connectivity index (χ0v) is 11.8. The first kappa shape index (κ1) is 16.2. The minimum absolute atomic E-state index is 0.0675. The third kappa shape index (κ3) is 6.33. The van der Waals surface area contributed by atoms with Crippen LogP contribution in [0.3, 0.4) is 0 Å². The van der Waals surface area contributed by atoms with Crippen molar-refractivity contribution >= 4 is 11.7 Å². The van der Waals surface area contributed by atoms with Gasteiger partial charge in [-0.05, 0) is 37.1 Å². The maximum absolute atomic E-state index is 11.9. The fourth-order valence-electron chi connectivity index (χ4n) is 1.71. The normalized spacial score (nSPS) is 10.2. The van der Waals surface area contributed by atoms with E-state index in [1.165, 1.54) is 0 Å². The van der Waals surface area contributed by atoms with Gasteiger partial charge in [0.25, 0.3) is 0 Å². The maximum Gasteiger partial charge on any atom is 0.217 e. The molecule has 0 bridgehead atoms. The first-order chi connectivity index (χ1) is 9.63. The molecule has 0 aliphatic heterocycles. The number of benzene rings is 1. The predicted molar refractivity (Wildman–Crippen MR) is 75.8 cm³/mol. The Labute approximate surface area is 119 Å². The smallest absolute Gasteiger partial charge is 0.217 e. The lowest BCUT2D eigenvalue weighted by Gasteiger charge is -2.06. The number of carbonyl (C=O) groups excluding carboxylic acids is 2. The highest BCUT2D eigenvalue weighted by molar-refractivity contribution is 5.96. The van der Waals surface area contributed by atoms with Crippen LogP contribution < -0.4 is 10.5 Å². The van der Waals surface area contributed by atoms with Crippen LogP contribution in [0.15, 0.2) is 24.3 Å². The molecule has 0 radical (unpaired) electrons. The van der Waals surface area contributed by atoms with Gasteiger partial charge in [0.2, 0.25) is 5.91 Å². The summed E-state index contributed by atoms with van der Waals surface area (Å²) in [6.45, 7) is 1.01. The van der Waals surface area contributed by atoms with Crippen LogP contribution in [0, 0.1) is 0 Å².